The summed E-state index contributed by atoms with van der Waals surface area (Å²) < 4.78 is 54.7. The highest BCUT2D eigenvalue weighted by atomic mass is 19.4. The molecule has 3 aromatic rings. The van der Waals surface area contributed by atoms with Crippen molar-refractivity contribution in [3.63, 3.8) is 0 Å². The van der Waals surface area contributed by atoms with Gasteiger partial charge in [0.15, 0.2) is 11.5 Å². The van der Waals surface area contributed by atoms with E-state index in [1.54, 1.807) is 0 Å². The normalized spacial score (nSPS) is 11.4. The number of aromatic nitrogens is 4. The van der Waals surface area contributed by atoms with Crippen LogP contribution >= 0.6 is 0 Å². The molecule has 2 amide bonds. The first-order valence-corrected chi connectivity index (χ1v) is 8.58. The number of carbonyl (C=O) groups excluding carboxylic acids is 2. The van der Waals surface area contributed by atoms with Gasteiger partial charge in [0.1, 0.15) is 5.82 Å². The van der Waals surface area contributed by atoms with E-state index in [2.05, 4.69) is 15.1 Å². The van der Waals surface area contributed by atoms with Gasteiger partial charge in [0, 0.05) is 31.2 Å². The molecule has 156 valence electrons. The monoisotopic (exact) mass is 421 g/mol. The minimum atomic E-state index is -4.79. The molecule has 7 nitrogen and oxygen atoms in total. The molecular formula is C19H15F4N5O2. The van der Waals surface area contributed by atoms with E-state index >= 15 is 0 Å². The average Bonchev–Trinajstić information content (AvgIpc) is 3.07. The summed E-state index contributed by atoms with van der Waals surface area (Å²) in [7, 11) is 0. The highest BCUT2D eigenvalue weighted by Gasteiger charge is 2.37. The van der Waals surface area contributed by atoms with Gasteiger partial charge in [-0.1, -0.05) is 0 Å². The summed E-state index contributed by atoms with van der Waals surface area (Å²) in [6, 6.07) is 6.84. The molecular weight excluding hydrogens is 406 g/mol. The van der Waals surface area contributed by atoms with Gasteiger partial charge >= 0.3 is 6.18 Å². The first kappa shape index (κ1) is 21.1. The van der Waals surface area contributed by atoms with Crippen LogP contribution in [-0.2, 0) is 15.8 Å². The molecule has 0 unspecified atom stereocenters. The zero-order valence-corrected chi connectivity index (χ0v) is 16.0. The molecule has 11 heteroatoms. The van der Waals surface area contributed by atoms with Gasteiger partial charge in [-0.05, 0) is 37.3 Å². The number of amides is 2. The van der Waals surface area contributed by atoms with Crippen molar-refractivity contribution in [2.75, 3.05) is 4.90 Å². The van der Waals surface area contributed by atoms with Crippen LogP contribution < -0.4 is 4.90 Å². The first-order valence-electron chi connectivity index (χ1n) is 8.58. The minimum Gasteiger partial charge on any atom is -0.274 e. The molecule has 2 heterocycles. The van der Waals surface area contributed by atoms with Crippen molar-refractivity contribution < 1.29 is 27.2 Å². The zero-order valence-electron chi connectivity index (χ0n) is 16.0. The summed E-state index contributed by atoms with van der Waals surface area (Å²) in [5, 5.41) is 3.97. The van der Waals surface area contributed by atoms with Crippen LogP contribution in [0.2, 0.25) is 0 Å². The van der Waals surface area contributed by atoms with Crippen LogP contribution in [0.4, 0.5) is 23.5 Å². The van der Waals surface area contributed by atoms with Gasteiger partial charge in [-0.15, -0.1) is 0 Å². The van der Waals surface area contributed by atoms with E-state index < -0.39 is 29.5 Å². The largest absolute Gasteiger partial charge is 0.433 e. The Kier molecular flexibility index (Phi) is 5.38. The second-order valence-electron chi connectivity index (χ2n) is 6.37. The predicted octanol–water partition coefficient (Wildman–Crippen LogP) is 3.70. The Bertz CT molecular complexity index is 1110. The summed E-state index contributed by atoms with van der Waals surface area (Å²) in [6.45, 7) is 3.69. The highest BCUT2D eigenvalue weighted by Crippen LogP contribution is 2.34. The minimum absolute atomic E-state index is 0.0601. The average molecular weight is 421 g/mol. The maximum Gasteiger partial charge on any atom is 0.433 e. The fourth-order valence-corrected chi connectivity index (χ4v) is 2.77. The third kappa shape index (κ3) is 4.19. The summed E-state index contributed by atoms with van der Waals surface area (Å²) in [4.78, 5) is 32.1. The maximum atomic E-state index is 13.7. The third-order valence-corrected chi connectivity index (χ3v) is 4.02. The van der Waals surface area contributed by atoms with Crippen molar-refractivity contribution in [2.24, 2.45) is 0 Å². The van der Waals surface area contributed by atoms with Gasteiger partial charge in [0.25, 0.3) is 0 Å². The molecule has 0 saturated heterocycles. The third-order valence-electron chi connectivity index (χ3n) is 4.02. The highest BCUT2D eigenvalue weighted by molar-refractivity contribution is 6.11. The molecule has 0 aliphatic rings. The van der Waals surface area contributed by atoms with Gasteiger partial charge in [-0.25, -0.2) is 19.0 Å². The predicted molar refractivity (Wildman–Crippen MR) is 98.1 cm³/mol. The molecule has 0 aliphatic heterocycles. The number of rotatable bonds is 3. The number of imide groups is 1. The number of carbonyl (C=O) groups is 2. The van der Waals surface area contributed by atoms with Gasteiger partial charge in [-0.2, -0.15) is 23.3 Å². The lowest BCUT2D eigenvalue weighted by Crippen LogP contribution is -2.35. The molecule has 0 fully saturated rings. The van der Waals surface area contributed by atoms with Crippen LogP contribution in [0, 0.1) is 12.7 Å². The van der Waals surface area contributed by atoms with Gasteiger partial charge < -0.3 is 0 Å². The van der Waals surface area contributed by atoms with Gasteiger partial charge in [-0.3, -0.25) is 9.59 Å². The van der Waals surface area contributed by atoms with E-state index in [0.717, 1.165) is 32.0 Å². The standard InChI is InChI=1S/C19H15F4N5O2/c1-10-8-17(25-18(24-10)27(11(2)29)12(3)30)28-16(19(21,22)23)9-15(26-28)13-4-6-14(20)7-5-13/h4-9H,1-3H3. The van der Waals surface area contributed by atoms with Crippen LogP contribution in [0.15, 0.2) is 36.4 Å². The lowest BCUT2D eigenvalue weighted by molar-refractivity contribution is -0.143. The van der Waals surface area contributed by atoms with Crippen molar-refractivity contribution >= 4 is 17.8 Å². The van der Waals surface area contributed by atoms with Crippen molar-refractivity contribution in [1.82, 2.24) is 19.7 Å². The van der Waals surface area contributed by atoms with Crippen molar-refractivity contribution in [1.29, 1.82) is 0 Å². The van der Waals surface area contributed by atoms with Crippen molar-refractivity contribution in [3.05, 3.63) is 53.6 Å². The maximum absolute atomic E-state index is 13.7. The Hall–Kier alpha value is -3.63. The number of halogens is 4. The quantitative estimate of drug-likeness (QED) is 0.603. The molecule has 0 bridgehead atoms. The zero-order chi connectivity index (χ0) is 22.2. The van der Waals surface area contributed by atoms with Crippen molar-refractivity contribution in [2.45, 2.75) is 26.9 Å². The van der Waals surface area contributed by atoms with E-state index in [-0.39, 0.29) is 28.7 Å². The van der Waals surface area contributed by atoms with Crippen LogP contribution in [0.3, 0.4) is 0 Å². The number of anilines is 1. The summed E-state index contributed by atoms with van der Waals surface area (Å²) in [5.74, 6) is -2.58. The van der Waals surface area contributed by atoms with Crippen molar-refractivity contribution in [3.8, 4) is 17.1 Å². The Morgan fingerprint density at radius 3 is 2.13 bits per heavy atom. The fourth-order valence-electron chi connectivity index (χ4n) is 2.77. The molecule has 30 heavy (non-hydrogen) atoms. The Morgan fingerprint density at radius 1 is 1.00 bits per heavy atom. The van der Waals surface area contributed by atoms with Gasteiger partial charge in [0.05, 0.1) is 5.69 Å². The fraction of sp³-hybridized carbons (Fsp3) is 0.211. The number of hydrogen-bond donors (Lipinski definition) is 0. The molecule has 0 aliphatic carbocycles. The Labute approximate surface area is 168 Å². The van der Waals surface area contributed by atoms with E-state index in [9.17, 15) is 27.2 Å². The second-order valence-corrected chi connectivity index (χ2v) is 6.37. The summed E-state index contributed by atoms with van der Waals surface area (Å²) in [5.41, 5.74) is -0.714. The first-order chi connectivity index (χ1) is 14.0. The lowest BCUT2D eigenvalue weighted by atomic mass is 10.1. The smallest absolute Gasteiger partial charge is 0.274 e. The molecule has 0 saturated carbocycles. The van der Waals surface area contributed by atoms with Crippen LogP contribution in [0.1, 0.15) is 25.2 Å². The number of aryl methyl sites for hydroxylation is 1. The lowest BCUT2D eigenvalue weighted by Gasteiger charge is -2.17. The number of hydrogen-bond acceptors (Lipinski definition) is 5. The van der Waals surface area contributed by atoms with Crippen LogP contribution in [-0.4, -0.2) is 31.6 Å². The number of nitrogens with zero attached hydrogens (tertiary/aromatic N) is 5. The Morgan fingerprint density at radius 2 is 1.60 bits per heavy atom. The SMILES string of the molecule is CC(=O)N(C(C)=O)c1nc(C)cc(-n2nc(-c3ccc(F)cc3)cc2C(F)(F)F)n1. The molecule has 0 radical (unpaired) electrons. The summed E-state index contributed by atoms with van der Waals surface area (Å²) in [6.07, 6.45) is -4.79. The topological polar surface area (TPSA) is 81.0 Å². The van der Waals surface area contributed by atoms with E-state index in [0.29, 0.717) is 9.58 Å². The number of benzene rings is 1. The van der Waals surface area contributed by atoms with Crippen LogP contribution in [0.25, 0.3) is 17.1 Å². The molecule has 3 rings (SSSR count). The second kappa shape index (κ2) is 7.65. The molecule has 1 aromatic carbocycles. The van der Waals surface area contributed by atoms with Gasteiger partial charge in [0.2, 0.25) is 17.8 Å². The molecule has 2 aromatic heterocycles. The summed E-state index contributed by atoms with van der Waals surface area (Å²) >= 11 is 0. The van der Waals surface area contributed by atoms with Crippen LogP contribution in [0.5, 0.6) is 0 Å². The van der Waals surface area contributed by atoms with E-state index in [1.807, 2.05) is 0 Å². The Balaban J connectivity index is 2.20. The number of alkyl halides is 3. The molecule has 0 spiro atoms. The molecule has 0 N–H and O–H groups in total. The molecule has 0 atom stereocenters. The van der Waals surface area contributed by atoms with E-state index in [1.165, 1.54) is 25.1 Å². The van der Waals surface area contributed by atoms with E-state index in [4.69, 9.17) is 0 Å².